The molecule has 1 aliphatic rings. The lowest BCUT2D eigenvalue weighted by molar-refractivity contribution is -0.117. The standard InChI is InChI=1S/C27H27ClN2O3S/c1-14-7-12-19(28)13-20(14)30-22(17-8-10-18(11-9-17)27(4,5)6)21(24(32)26(30)33)23(31)25-15(2)29-16(3)34-25/h7-13,22,32H,1-6H3. The summed E-state index contributed by atoms with van der Waals surface area (Å²) in [5.74, 6) is -1.56. The first kappa shape index (κ1) is 24.2. The van der Waals surface area contributed by atoms with Crippen molar-refractivity contribution in [2.45, 2.75) is 53.0 Å². The highest BCUT2D eigenvalue weighted by Gasteiger charge is 2.45. The first-order chi connectivity index (χ1) is 15.9. The largest absolute Gasteiger partial charge is 0.503 e. The van der Waals surface area contributed by atoms with E-state index in [0.717, 1.165) is 21.7 Å². The number of nitrogens with zero attached hydrogens (tertiary/aromatic N) is 2. The average molecular weight is 495 g/mol. The van der Waals surface area contributed by atoms with Gasteiger partial charge in [0.2, 0.25) is 5.78 Å². The molecule has 1 atom stereocenters. The van der Waals surface area contributed by atoms with Crippen LogP contribution >= 0.6 is 22.9 Å². The van der Waals surface area contributed by atoms with E-state index in [1.807, 2.05) is 44.2 Å². The van der Waals surface area contributed by atoms with Crippen molar-refractivity contribution >= 4 is 40.3 Å². The number of ketones is 1. The summed E-state index contributed by atoms with van der Waals surface area (Å²) in [6, 6.07) is 12.3. The topological polar surface area (TPSA) is 70.5 Å². The van der Waals surface area contributed by atoms with Gasteiger partial charge in [0.1, 0.15) is 0 Å². The highest BCUT2D eigenvalue weighted by Crippen LogP contribution is 2.44. The summed E-state index contributed by atoms with van der Waals surface area (Å²) in [6.45, 7) is 11.8. The zero-order valence-electron chi connectivity index (χ0n) is 20.1. The van der Waals surface area contributed by atoms with Gasteiger partial charge in [-0.25, -0.2) is 4.98 Å². The summed E-state index contributed by atoms with van der Waals surface area (Å²) in [5, 5.41) is 12.2. The number of benzene rings is 2. The summed E-state index contributed by atoms with van der Waals surface area (Å²) in [7, 11) is 0. The molecule has 0 saturated carbocycles. The Kier molecular flexibility index (Phi) is 6.17. The van der Waals surface area contributed by atoms with E-state index in [1.54, 1.807) is 19.1 Å². The van der Waals surface area contributed by atoms with Gasteiger partial charge in [0.15, 0.2) is 5.76 Å². The molecule has 0 fully saturated rings. The molecule has 5 nitrogen and oxygen atoms in total. The fourth-order valence-corrected chi connectivity index (χ4v) is 5.31. The Morgan fingerprint density at radius 3 is 2.29 bits per heavy atom. The van der Waals surface area contributed by atoms with E-state index in [9.17, 15) is 14.7 Å². The van der Waals surface area contributed by atoms with Crippen molar-refractivity contribution < 1.29 is 14.7 Å². The van der Waals surface area contributed by atoms with Crippen LogP contribution in [0.25, 0.3) is 0 Å². The van der Waals surface area contributed by atoms with Crippen LogP contribution in [-0.4, -0.2) is 21.8 Å². The summed E-state index contributed by atoms with van der Waals surface area (Å²) >= 11 is 7.54. The van der Waals surface area contributed by atoms with Crippen LogP contribution in [0.5, 0.6) is 0 Å². The lowest BCUT2D eigenvalue weighted by Gasteiger charge is -2.29. The molecule has 0 radical (unpaired) electrons. The Morgan fingerprint density at radius 2 is 1.74 bits per heavy atom. The minimum atomic E-state index is -0.798. The summed E-state index contributed by atoms with van der Waals surface area (Å²) in [6.07, 6.45) is 0. The number of aryl methyl sites for hydroxylation is 3. The monoisotopic (exact) mass is 494 g/mol. The molecule has 1 unspecified atom stereocenters. The lowest BCUT2D eigenvalue weighted by atomic mass is 9.85. The fraction of sp³-hybridized carbons (Fsp3) is 0.296. The third-order valence-corrected chi connectivity index (χ3v) is 7.39. The molecule has 2 aromatic carbocycles. The van der Waals surface area contributed by atoms with E-state index in [2.05, 4.69) is 25.8 Å². The van der Waals surface area contributed by atoms with Crippen molar-refractivity contribution in [2.24, 2.45) is 0 Å². The molecule has 0 bridgehead atoms. The molecular weight excluding hydrogens is 468 g/mol. The van der Waals surface area contributed by atoms with Gasteiger partial charge in [0.25, 0.3) is 5.91 Å². The Labute approximate surface area is 208 Å². The van der Waals surface area contributed by atoms with Crippen molar-refractivity contribution in [3.8, 4) is 0 Å². The van der Waals surface area contributed by atoms with Crippen LogP contribution in [0.3, 0.4) is 0 Å². The molecular formula is C27H27ClN2O3S. The number of halogens is 1. The molecule has 0 saturated heterocycles. The predicted octanol–water partition coefficient (Wildman–Crippen LogP) is 6.80. The van der Waals surface area contributed by atoms with Gasteiger partial charge < -0.3 is 5.11 Å². The molecule has 1 aliphatic heterocycles. The van der Waals surface area contributed by atoms with E-state index >= 15 is 0 Å². The van der Waals surface area contributed by atoms with Crippen molar-refractivity contribution in [3.05, 3.63) is 91.1 Å². The van der Waals surface area contributed by atoms with Gasteiger partial charge in [-0.1, -0.05) is 62.7 Å². The van der Waals surface area contributed by atoms with Crippen LogP contribution in [-0.2, 0) is 10.2 Å². The number of carbonyl (C=O) groups is 2. The number of amides is 1. The van der Waals surface area contributed by atoms with Crippen LogP contribution in [0.1, 0.15) is 63.9 Å². The van der Waals surface area contributed by atoms with Gasteiger partial charge in [0.05, 0.1) is 27.2 Å². The number of hydrogen-bond acceptors (Lipinski definition) is 5. The average Bonchev–Trinajstić information content (AvgIpc) is 3.24. The lowest BCUT2D eigenvalue weighted by Crippen LogP contribution is -2.31. The molecule has 3 aromatic rings. The Balaban J connectivity index is 1.92. The molecule has 0 aliphatic carbocycles. The number of aromatic nitrogens is 1. The molecule has 0 spiro atoms. The van der Waals surface area contributed by atoms with Gasteiger partial charge in [-0.05, 0) is 55.0 Å². The maximum Gasteiger partial charge on any atom is 0.294 e. The summed E-state index contributed by atoms with van der Waals surface area (Å²) in [4.78, 5) is 33.4. The molecule has 176 valence electrons. The fourth-order valence-electron chi connectivity index (χ4n) is 4.27. The minimum absolute atomic E-state index is 0.0544. The second-order valence-electron chi connectivity index (χ2n) is 9.62. The van der Waals surface area contributed by atoms with Crippen molar-refractivity contribution in [3.63, 3.8) is 0 Å². The number of anilines is 1. The van der Waals surface area contributed by atoms with Crippen LogP contribution in [0.2, 0.25) is 5.02 Å². The smallest absolute Gasteiger partial charge is 0.294 e. The Bertz CT molecular complexity index is 1330. The van der Waals surface area contributed by atoms with Gasteiger partial charge in [0, 0.05) is 10.7 Å². The Hall–Kier alpha value is -2.96. The SMILES string of the molecule is Cc1nc(C)c(C(=O)C2=C(O)C(=O)N(c3cc(Cl)ccc3C)C2c2ccc(C(C)(C)C)cc2)s1. The Morgan fingerprint density at radius 1 is 1.09 bits per heavy atom. The van der Waals surface area contributed by atoms with Crippen LogP contribution in [0, 0.1) is 20.8 Å². The van der Waals surface area contributed by atoms with Crippen LogP contribution in [0.4, 0.5) is 5.69 Å². The maximum atomic E-state index is 13.7. The number of Topliss-reactive ketones (excluding diaryl/α,β-unsaturated/α-hetero) is 1. The van der Waals surface area contributed by atoms with Crippen molar-refractivity contribution in [1.29, 1.82) is 0 Å². The quantitative estimate of drug-likeness (QED) is 0.405. The molecule has 34 heavy (non-hydrogen) atoms. The zero-order chi connectivity index (χ0) is 24.9. The second kappa shape index (κ2) is 8.67. The van der Waals surface area contributed by atoms with E-state index in [4.69, 9.17) is 11.6 Å². The maximum absolute atomic E-state index is 13.7. The van der Waals surface area contributed by atoms with Crippen molar-refractivity contribution in [2.75, 3.05) is 4.90 Å². The molecule has 4 rings (SSSR count). The molecule has 7 heteroatoms. The first-order valence-corrected chi connectivity index (χ1v) is 12.2. The number of hydrogen-bond donors (Lipinski definition) is 1. The van der Waals surface area contributed by atoms with Crippen LogP contribution < -0.4 is 4.90 Å². The number of carbonyl (C=O) groups excluding carboxylic acids is 2. The molecule has 1 amide bonds. The number of aliphatic hydroxyl groups is 1. The van der Waals surface area contributed by atoms with Gasteiger partial charge in [-0.3, -0.25) is 14.5 Å². The summed E-state index contributed by atoms with van der Waals surface area (Å²) in [5.41, 5.74) is 3.79. The predicted molar refractivity (Wildman–Crippen MR) is 137 cm³/mol. The van der Waals surface area contributed by atoms with Crippen LogP contribution in [0.15, 0.2) is 53.8 Å². The molecule has 2 heterocycles. The number of rotatable bonds is 4. The van der Waals surface area contributed by atoms with E-state index in [1.165, 1.54) is 16.2 Å². The highest BCUT2D eigenvalue weighted by molar-refractivity contribution is 7.14. The zero-order valence-corrected chi connectivity index (χ0v) is 21.6. The van der Waals surface area contributed by atoms with E-state index in [0.29, 0.717) is 21.3 Å². The summed E-state index contributed by atoms with van der Waals surface area (Å²) < 4.78 is 0. The van der Waals surface area contributed by atoms with E-state index < -0.39 is 17.7 Å². The van der Waals surface area contributed by atoms with Gasteiger partial charge >= 0.3 is 0 Å². The molecule has 1 aromatic heterocycles. The third kappa shape index (κ3) is 4.17. The number of thiazole rings is 1. The first-order valence-electron chi connectivity index (χ1n) is 11.0. The van der Waals surface area contributed by atoms with Gasteiger partial charge in [-0.15, -0.1) is 11.3 Å². The third-order valence-electron chi connectivity index (χ3n) is 6.09. The van der Waals surface area contributed by atoms with Crippen molar-refractivity contribution in [1.82, 2.24) is 4.98 Å². The highest BCUT2D eigenvalue weighted by atomic mass is 35.5. The minimum Gasteiger partial charge on any atom is -0.503 e. The normalized spacial score (nSPS) is 16.5. The number of aliphatic hydroxyl groups excluding tert-OH is 1. The van der Waals surface area contributed by atoms with Gasteiger partial charge in [-0.2, -0.15) is 0 Å². The van der Waals surface area contributed by atoms with E-state index in [-0.39, 0.29) is 16.8 Å². The molecule has 1 N–H and O–H groups in total. The second-order valence-corrected chi connectivity index (χ2v) is 11.3.